The maximum Gasteiger partial charge on any atom is 2.00 e. The van der Waals surface area contributed by atoms with Crippen LogP contribution in [0.25, 0.3) is 0 Å². The average molecular weight is 548 g/mol. The van der Waals surface area contributed by atoms with E-state index in [-0.39, 0.29) is 48.9 Å². The van der Waals surface area contributed by atoms with Crippen molar-refractivity contribution in [1.29, 1.82) is 0 Å². The summed E-state index contributed by atoms with van der Waals surface area (Å²) in [5.74, 6) is -3.90. The minimum Gasteiger partial charge on any atom is -0.545 e. The van der Waals surface area contributed by atoms with Crippen LogP contribution >= 0.6 is 0 Å². The summed E-state index contributed by atoms with van der Waals surface area (Å²) in [7, 11) is 0. The number of aliphatic carboxylic acids is 2. The topological polar surface area (TPSA) is 190 Å². The minimum absolute atomic E-state index is 0. The van der Waals surface area contributed by atoms with E-state index in [1.165, 1.54) is 0 Å². The standard InChI is InChI=1S/2C10H10N2O3.Ba/c2*11-7-1-3-8(4-2-7)12-9(13)5-6-10(14)15;/h2*1-6H,11H2,(H,12,13)(H,14,15);/q;;+2/p-2/b2*6-5-;. The molecular weight excluding hydrogens is 530 g/mol. The Labute approximate surface area is 218 Å². The van der Waals surface area contributed by atoms with Gasteiger partial charge in [-0.15, -0.1) is 0 Å². The minimum atomic E-state index is -1.41. The van der Waals surface area contributed by atoms with Gasteiger partial charge in [0, 0.05) is 34.9 Å². The first kappa shape index (κ1) is 28.0. The monoisotopic (exact) mass is 548 g/mol. The van der Waals surface area contributed by atoms with E-state index in [0.29, 0.717) is 34.9 Å². The van der Waals surface area contributed by atoms with Crippen molar-refractivity contribution >= 4 is 95.4 Å². The van der Waals surface area contributed by atoms with E-state index in [2.05, 4.69) is 10.6 Å². The summed E-state index contributed by atoms with van der Waals surface area (Å²) in [6, 6.07) is 12.9. The molecule has 156 valence electrons. The van der Waals surface area contributed by atoms with Gasteiger partial charge in [-0.25, -0.2) is 0 Å². The summed E-state index contributed by atoms with van der Waals surface area (Å²) < 4.78 is 0. The van der Waals surface area contributed by atoms with E-state index in [1.807, 2.05) is 0 Å². The SMILES string of the molecule is Nc1ccc(NC(=O)/C=C\C(=O)[O-])cc1.Nc1ccc(NC(=O)/C=C\C(=O)[O-])cc1.[Ba+2]. The van der Waals surface area contributed by atoms with Crippen LogP contribution in [-0.4, -0.2) is 72.6 Å². The molecule has 0 heterocycles. The Kier molecular flexibility index (Phi) is 13.4. The number of carboxylic acids is 2. The summed E-state index contributed by atoms with van der Waals surface area (Å²) in [4.78, 5) is 42.2. The largest absolute Gasteiger partial charge is 2.00 e. The number of benzene rings is 2. The van der Waals surface area contributed by atoms with E-state index in [4.69, 9.17) is 11.5 Å². The number of carbonyl (C=O) groups excluding carboxylic acids is 4. The number of amides is 2. The van der Waals surface area contributed by atoms with Crippen LogP contribution in [-0.2, 0) is 19.2 Å². The van der Waals surface area contributed by atoms with Crippen LogP contribution in [0.1, 0.15) is 0 Å². The van der Waals surface area contributed by atoms with Crippen molar-refractivity contribution in [3.05, 3.63) is 72.8 Å². The van der Waals surface area contributed by atoms with Crippen molar-refractivity contribution in [2.24, 2.45) is 0 Å². The van der Waals surface area contributed by atoms with Crippen LogP contribution in [0.2, 0.25) is 0 Å². The molecule has 0 spiro atoms. The van der Waals surface area contributed by atoms with Crippen LogP contribution in [0.5, 0.6) is 0 Å². The molecule has 0 unspecified atom stereocenters. The van der Waals surface area contributed by atoms with Crippen LogP contribution in [0.4, 0.5) is 22.7 Å². The van der Waals surface area contributed by atoms with E-state index < -0.39 is 23.8 Å². The van der Waals surface area contributed by atoms with Gasteiger partial charge >= 0.3 is 48.9 Å². The van der Waals surface area contributed by atoms with Gasteiger partial charge in [-0.3, -0.25) is 9.59 Å². The van der Waals surface area contributed by atoms with Gasteiger partial charge in [-0.05, 0) is 60.7 Å². The zero-order chi connectivity index (χ0) is 22.5. The van der Waals surface area contributed by atoms with Crippen LogP contribution in [0.3, 0.4) is 0 Å². The molecule has 6 N–H and O–H groups in total. The number of hydrogen-bond acceptors (Lipinski definition) is 8. The number of nitrogen functional groups attached to an aromatic ring is 2. The number of nitrogens with one attached hydrogen (secondary N) is 2. The number of carbonyl (C=O) groups is 4. The Morgan fingerprint density at radius 1 is 0.613 bits per heavy atom. The van der Waals surface area contributed by atoms with Crippen molar-refractivity contribution < 1.29 is 29.4 Å². The third-order valence-corrected chi connectivity index (χ3v) is 3.10. The molecule has 0 saturated heterocycles. The number of rotatable bonds is 6. The molecule has 0 aromatic heterocycles. The Bertz CT molecular complexity index is 877. The molecule has 2 aromatic carbocycles. The second-order valence-electron chi connectivity index (χ2n) is 5.53. The van der Waals surface area contributed by atoms with Gasteiger partial charge in [0.1, 0.15) is 0 Å². The van der Waals surface area contributed by atoms with E-state index >= 15 is 0 Å². The molecule has 0 aliphatic carbocycles. The molecule has 0 bridgehead atoms. The molecule has 0 aliphatic rings. The number of carboxylic acid groups (broad SMARTS) is 2. The Balaban J connectivity index is 0.000000562. The molecule has 2 aromatic rings. The molecule has 0 radical (unpaired) electrons. The van der Waals surface area contributed by atoms with Gasteiger partial charge in [-0.1, -0.05) is 0 Å². The fourth-order valence-corrected chi connectivity index (χ4v) is 1.79. The summed E-state index contributed by atoms with van der Waals surface area (Å²) in [6.45, 7) is 0. The maximum atomic E-state index is 11.1. The first-order chi connectivity index (χ1) is 14.2. The Hall–Kier alpha value is -3.03. The summed E-state index contributed by atoms with van der Waals surface area (Å²) >= 11 is 0. The van der Waals surface area contributed by atoms with Crippen LogP contribution < -0.4 is 32.3 Å². The van der Waals surface area contributed by atoms with Crippen LogP contribution in [0.15, 0.2) is 72.8 Å². The number of hydrogen-bond donors (Lipinski definition) is 4. The van der Waals surface area contributed by atoms with Gasteiger partial charge in [0.25, 0.3) is 0 Å². The van der Waals surface area contributed by atoms with Gasteiger partial charge in [-0.2, -0.15) is 0 Å². The average Bonchev–Trinajstić information content (AvgIpc) is 2.69. The van der Waals surface area contributed by atoms with E-state index in [9.17, 15) is 29.4 Å². The van der Waals surface area contributed by atoms with Gasteiger partial charge in [0.05, 0.1) is 11.9 Å². The van der Waals surface area contributed by atoms with Gasteiger partial charge in [0.15, 0.2) is 0 Å². The van der Waals surface area contributed by atoms with Crippen molar-refractivity contribution in [3.8, 4) is 0 Å². The predicted octanol–water partition coefficient (Wildman–Crippen LogP) is -1.35. The molecule has 0 saturated carbocycles. The first-order valence-electron chi connectivity index (χ1n) is 8.27. The van der Waals surface area contributed by atoms with Gasteiger partial charge in [0.2, 0.25) is 11.8 Å². The molecule has 0 aliphatic heterocycles. The molecule has 31 heavy (non-hydrogen) atoms. The fourth-order valence-electron chi connectivity index (χ4n) is 1.79. The van der Waals surface area contributed by atoms with Crippen LogP contribution in [0, 0.1) is 0 Å². The quantitative estimate of drug-likeness (QED) is 0.194. The molecule has 2 amide bonds. The smallest absolute Gasteiger partial charge is 0.545 e. The molecule has 11 heteroatoms. The third kappa shape index (κ3) is 13.8. The Morgan fingerprint density at radius 2 is 0.903 bits per heavy atom. The number of nitrogens with two attached hydrogens (primary N) is 2. The maximum absolute atomic E-state index is 11.1. The summed E-state index contributed by atoms with van der Waals surface area (Å²) in [5, 5.41) is 24.9. The van der Waals surface area contributed by atoms with Crippen molar-refractivity contribution in [1.82, 2.24) is 0 Å². The second-order valence-corrected chi connectivity index (χ2v) is 5.53. The van der Waals surface area contributed by atoms with Crippen molar-refractivity contribution in [2.75, 3.05) is 22.1 Å². The molecule has 10 nitrogen and oxygen atoms in total. The molecule has 2 rings (SSSR count). The zero-order valence-electron chi connectivity index (χ0n) is 16.2. The van der Waals surface area contributed by atoms with Crippen molar-refractivity contribution in [2.45, 2.75) is 0 Å². The molecule has 0 atom stereocenters. The summed E-state index contributed by atoms with van der Waals surface area (Å²) in [6.07, 6.45) is 3.08. The number of anilines is 4. The normalized spacial score (nSPS) is 9.81. The third-order valence-electron chi connectivity index (χ3n) is 3.10. The zero-order valence-corrected chi connectivity index (χ0v) is 20.7. The van der Waals surface area contributed by atoms with Gasteiger partial charge < -0.3 is 41.9 Å². The summed E-state index contributed by atoms with van der Waals surface area (Å²) in [5.41, 5.74) is 13.1. The van der Waals surface area contributed by atoms with E-state index in [0.717, 1.165) is 12.2 Å². The molecule has 0 fully saturated rings. The predicted molar refractivity (Wildman–Crippen MR) is 113 cm³/mol. The first-order valence-corrected chi connectivity index (χ1v) is 8.27. The van der Waals surface area contributed by atoms with E-state index in [1.54, 1.807) is 48.5 Å². The fraction of sp³-hybridized carbons (Fsp3) is 0. The Morgan fingerprint density at radius 3 is 1.16 bits per heavy atom. The molecular formula is C20H18BaN4O6. The van der Waals surface area contributed by atoms with Crippen molar-refractivity contribution in [3.63, 3.8) is 0 Å². The second kappa shape index (κ2) is 14.9.